The summed E-state index contributed by atoms with van der Waals surface area (Å²) in [4.78, 5) is 13.2. The molecular weight excluding hydrogens is 287 g/mol. The molecule has 0 fully saturated rings. The number of aryl methyl sites for hydroxylation is 2. The average Bonchev–Trinajstić information content (AvgIpc) is 2.48. The largest absolute Gasteiger partial charge is 0.496 e. The lowest BCUT2D eigenvalue weighted by Crippen LogP contribution is -2.06. The molecule has 0 aromatic heterocycles. The lowest BCUT2D eigenvalue weighted by Gasteiger charge is -2.10. The molecule has 0 aliphatic rings. The van der Waals surface area contributed by atoms with Crippen LogP contribution in [0, 0.1) is 19.7 Å². The zero-order chi connectivity index (χ0) is 15.4. The summed E-state index contributed by atoms with van der Waals surface area (Å²) in [5.74, 6) is 0.910. The smallest absolute Gasteiger partial charge is 0.173 e. The lowest BCUT2D eigenvalue weighted by atomic mass is 10.0. The quantitative estimate of drug-likeness (QED) is 0.604. The maximum atomic E-state index is 12.8. The minimum atomic E-state index is -0.271. The summed E-state index contributed by atoms with van der Waals surface area (Å²) in [6.45, 7) is 3.82. The predicted octanol–water partition coefficient (Wildman–Crippen LogP) is 4.43. The normalized spacial score (nSPS) is 10.5. The number of halogens is 1. The molecule has 0 saturated heterocycles. The molecule has 2 rings (SSSR count). The van der Waals surface area contributed by atoms with Crippen LogP contribution in [-0.2, 0) is 0 Å². The number of ketones is 1. The van der Waals surface area contributed by atoms with Gasteiger partial charge < -0.3 is 4.74 Å². The number of benzene rings is 2. The van der Waals surface area contributed by atoms with Crippen molar-refractivity contribution in [2.45, 2.75) is 18.7 Å². The van der Waals surface area contributed by atoms with E-state index in [4.69, 9.17) is 4.74 Å². The maximum absolute atomic E-state index is 12.8. The zero-order valence-electron chi connectivity index (χ0n) is 12.3. The van der Waals surface area contributed by atoms with E-state index in [0.29, 0.717) is 11.3 Å². The highest BCUT2D eigenvalue weighted by Gasteiger charge is 2.12. The van der Waals surface area contributed by atoms with E-state index in [9.17, 15) is 9.18 Å². The number of methoxy groups -OCH3 is 1. The van der Waals surface area contributed by atoms with Gasteiger partial charge in [0, 0.05) is 10.5 Å². The van der Waals surface area contributed by atoms with Gasteiger partial charge in [-0.25, -0.2) is 4.39 Å². The van der Waals surface area contributed by atoms with E-state index in [1.165, 1.54) is 23.9 Å². The third-order valence-corrected chi connectivity index (χ3v) is 4.24. The molecule has 0 aliphatic carbocycles. The first-order chi connectivity index (χ1) is 10.0. The molecule has 0 amide bonds. The lowest BCUT2D eigenvalue weighted by molar-refractivity contribution is 0.102. The van der Waals surface area contributed by atoms with Gasteiger partial charge in [0.25, 0.3) is 0 Å². The van der Waals surface area contributed by atoms with Crippen molar-refractivity contribution in [2.75, 3.05) is 12.9 Å². The molecule has 0 spiro atoms. The van der Waals surface area contributed by atoms with E-state index in [1.807, 2.05) is 26.0 Å². The fourth-order valence-electron chi connectivity index (χ4n) is 2.07. The Balaban J connectivity index is 2.10. The van der Waals surface area contributed by atoms with Crippen LogP contribution >= 0.6 is 11.8 Å². The van der Waals surface area contributed by atoms with Crippen molar-refractivity contribution in [3.8, 4) is 5.75 Å². The van der Waals surface area contributed by atoms with Crippen LogP contribution in [0.3, 0.4) is 0 Å². The Bertz CT molecular complexity index is 651. The fourth-order valence-corrected chi connectivity index (χ4v) is 2.85. The molecule has 0 radical (unpaired) electrons. The van der Waals surface area contributed by atoms with Crippen molar-refractivity contribution in [3.05, 3.63) is 58.9 Å². The van der Waals surface area contributed by atoms with Gasteiger partial charge in [-0.05, 0) is 61.4 Å². The van der Waals surface area contributed by atoms with Crippen LogP contribution in [0.2, 0.25) is 0 Å². The van der Waals surface area contributed by atoms with Crippen LogP contribution in [-0.4, -0.2) is 18.6 Å². The second-order valence-electron chi connectivity index (χ2n) is 4.80. The monoisotopic (exact) mass is 304 g/mol. The van der Waals surface area contributed by atoms with Gasteiger partial charge >= 0.3 is 0 Å². The Hall–Kier alpha value is -1.81. The van der Waals surface area contributed by atoms with Crippen LogP contribution in [0.1, 0.15) is 21.5 Å². The van der Waals surface area contributed by atoms with Gasteiger partial charge in [0.05, 0.1) is 12.9 Å². The third kappa shape index (κ3) is 3.85. The molecule has 2 nitrogen and oxygen atoms in total. The van der Waals surface area contributed by atoms with Crippen molar-refractivity contribution >= 4 is 17.5 Å². The Kier molecular flexibility index (Phi) is 5.02. The van der Waals surface area contributed by atoms with Gasteiger partial charge in [-0.1, -0.05) is 0 Å². The van der Waals surface area contributed by atoms with Crippen LogP contribution in [0.5, 0.6) is 5.75 Å². The van der Waals surface area contributed by atoms with E-state index < -0.39 is 0 Å². The second kappa shape index (κ2) is 6.76. The number of Topliss-reactive ketones (excluding diaryl/α,β-unsaturated/α-hetero) is 1. The van der Waals surface area contributed by atoms with E-state index in [2.05, 4.69) is 0 Å². The van der Waals surface area contributed by atoms with Crippen LogP contribution in [0.25, 0.3) is 0 Å². The van der Waals surface area contributed by atoms with Gasteiger partial charge in [-0.15, -0.1) is 11.8 Å². The van der Waals surface area contributed by atoms with Gasteiger partial charge in [0.2, 0.25) is 0 Å². The molecule has 2 aromatic carbocycles. The van der Waals surface area contributed by atoms with E-state index in [0.717, 1.165) is 21.8 Å². The summed E-state index contributed by atoms with van der Waals surface area (Å²) >= 11 is 1.41. The van der Waals surface area contributed by atoms with Crippen molar-refractivity contribution in [3.63, 3.8) is 0 Å². The van der Waals surface area contributed by atoms with Gasteiger partial charge in [-0.2, -0.15) is 0 Å². The molecule has 0 heterocycles. The summed E-state index contributed by atoms with van der Waals surface area (Å²) < 4.78 is 18.1. The first-order valence-electron chi connectivity index (χ1n) is 6.58. The standard InChI is InChI=1S/C17H17FO2S/c1-11-9-17(20-3)12(2)8-15(11)16(19)10-21-14-6-4-13(18)5-7-14/h4-9H,10H2,1-3H3. The molecule has 0 saturated carbocycles. The highest BCUT2D eigenvalue weighted by atomic mass is 32.2. The number of hydrogen-bond acceptors (Lipinski definition) is 3. The summed E-state index contributed by atoms with van der Waals surface area (Å²) in [5, 5.41) is 0. The number of hydrogen-bond donors (Lipinski definition) is 0. The summed E-state index contributed by atoms with van der Waals surface area (Å²) in [6, 6.07) is 9.90. The third-order valence-electron chi connectivity index (χ3n) is 3.23. The summed E-state index contributed by atoms with van der Waals surface area (Å²) in [5.41, 5.74) is 2.56. The molecule has 21 heavy (non-hydrogen) atoms. The number of rotatable bonds is 5. The topological polar surface area (TPSA) is 26.3 Å². The molecule has 2 aromatic rings. The first kappa shape index (κ1) is 15.6. The first-order valence-corrected chi connectivity index (χ1v) is 7.56. The maximum Gasteiger partial charge on any atom is 0.173 e. The SMILES string of the molecule is COc1cc(C)c(C(=O)CSc2ccc(F)cc2)cc1C. The molecule has 0 bridgehead atoms. The highest BCUT2D eigenvalue weighted by molar-refractivity contribution is 8.00. The van der Waals surface area contributed by atoms with Crippen LogP contribution in [0.4, 0.5) is 4.39 Å². The zero-order valence-corrected chi connectivity index (χ0v) is 13.1. The van der Waals surface area contributed by atoms with Gasteiger partial charge in [0.15, 0.2) is 5.78 Å². The highest BCUT2D eigenvalue weighted by Crippen LogP contribution is 2.25. The average molecular weight is 304 g/mol. The number of carbonyl (C=O) groups is 1. The van der Waals surface area contributed by atoms with Crippen molar-refractivity contribution in [1.82, 2.24) is 0 Å². The Morgan fingerprint density at radius 2 is 1.81 bits per heavy atom. The molecule has 0 atom stereocenters. The summed E-state index contributed by atoms with van der Waals surface area (Å²) in [7, 11) is 1.62. The van der Waals surface area contributed by atoms with Crippen LogP contribution < -0.4 is 4.74 Å². The van der Waals surface area contributed by atoms with Gasteiger partial charge in [-0.3, -0.25) is 4.79 Å². The fraction of sp³-hybridized carbons (Fsp3) is 0.235. The van der Waals surface area contributed by atoms with Gasteiger partial charge in [0.1, 0.15) is 11.6 Å². The minimum Gasteiger partial charge on any atom is -0.496 e. The molecule has 0 aliphatic heterocycles. The molecule has 4 heteroatoms. The van der Waals surface area contributed by atoms with E-state index in [1.54, 1.807) is 19.2 Å². The minimum absolute atomic E-state index is 0.0626. The van der Waals surface area contributed by atoms with Crippen molar-refractivity contribution in [1.29, 1.82) is 0 Å². The second-order valence-corrected chi connectivity index (χ2v) is 5.85. The number of ether oxygens (including phenoxy) is 1. The molecule has 0 N–H and O–H groups in total. The van der Waals surface area contributed by atoms with E-state index >= 15 is 0 Å². The summed E-state index contributed by atoms with van der Waals surface area (Å²) in [6.07, 6.45) is 0. The van der Waals surface area contributed by atoms with Crippen molar-refractivity contribution < 1.29 is 13.9 Å². The number of carbonyl (C=O) groups excluding carboxylic acids is 1. The van der Waals surface area contributed by atoms with Crippen LogP contribution in [0.15, 0.2) is 41.3 Å². The Morgan fingerprint density at radius 3 is 2.43 bits per heavy atom. The van der Waals surface area contributed by atoms with E-state index in [-0.39, 0.29) is 11.6 Å². The predicted molar refractivity (Wildman–Crippen MR) is 83.9 cm³/mol. The molecule has 0 unspecified atom stereocenters. The molecular formula is C17H17FO2S. The molecule has 110 valence electrons. The van der Waals surface area contributed by atoms with Crippen molar-refractivity contribution in [2.24, 2.45) is 0 Å². The Morgan fingerprint density at radius 1 is 1.14 bits per heavy atom. The Labute approximate surface area is 128 Å². The number of thioether (sulfide) groups is 1.